The topological polar surface area (TPSA) is 38.0 Å². The molecule has 2 heteroatoms. The Kier molecular flexibility index (Phi) is 5.49. The van der Waals surface area contributed by atoms with Crippen molar-refractivity contribution in [2.24, 2.45) is 17.6 Å². The maximum atomic E-state index is 5.47. The van der Waals surface area contributed by atoms with E-state index in [4.69, 9.17) is 5.73 Å². The quantitative estimate of drug-likeness (QED) is 0.664. The summed E-state index contributed by atoms with van der Waals surface area (Å²) in [4.78, 5) is 0. The first-order valence-electron chi connectivity index (χ1n) is 6.17. The van der Waals surface area contributed by atoms with Gasteiger partial charge in [-0.15, -0.1) is 0 Å². The maximum absolute atomic E-state index is 5.47. The normalized spacial score (nSPS) is 33.2. The van der Waals surface area contributed by atoms with Gasteiger partial charge >= 0.3 is 0 Å². The van der Waals surface area contributed by atoms with E-state index in [0.29, 0.717) is 0 Å². The lowest BCUT2D eigenvalue weighted by Crippen LogP contribution is -2.39. The molecule has 1 saturated carbocycles. The second kappa shape index (κ2) is 6.41. The zero-order chi connectivity index (χ0) is 10.4. The Labute approximate surface area is 88.6 Å². The third kappa shape index (κ3) is 3.97. The van der Waals surface area contributed by atoms with E-state index in [1.807, 2.05) is 0 Å². The molecule has 2 nitrogen and oxygen atoms in total. The molecule has 0 spiro atoms. The molecule has 0 heterocycles. The molecule has 14 heavy (non-hydrogen) atoms. The van der Waals surface area contributed by atoms with Gasteiger partial charge in [-0.1, -0.05) is 13.8 Å². The number of hydrogen-bond acceptors (Lipinski definition) is 2. The van der Waals surface area contributed by atoms with Crippen molar-refractivity contribution in [1.82, 2.24) is 5.32 Å². The number of unbranched alkanes of at least 4 members (excludes halogenated alkanes) is 1. The number of nitrogens with two attached hydrogens (primary N) is 1. The van der Waals surface area contributed by atoms with Crippen LogP contribution in [-0.2, 0) is 0 Å². The smallest absolute Gasteiger partial charge is 0.00928 e. The molecule has 0 bridgehead atoms. The predicted molar refractivity (Wildman–Crippen MR) is 62.3 cm³/mol. The van der Waals surface area contributed by atoms with Crippen LogP contribution < -0.4 is 11.1 Å². The van der Waals surface area contributed by atoms with Crippen LogP contribution in [0.15, 0.2) is 0 Å². The molecule has 1 aliphatic rings. The van der Waals surface area contributed by atoms with E-state index < -0.39 is 0 Å². The summed E-state index contributed by atoms with van der Waals surface area (Å²) >= 11 is 0. The summed E-state index contributed by atoms with van der Waals surface area (Å²) < 4.78 is 0. The van der Waals surface area contributed by atoms with Crippen molar-refractivity contribution in [2.75, 3.05) is 13.1 Å². The minimum Gasteiger partial charge on any atom is -0.330 e. The molecule has 1 fully saturated rings. The van der Waals surface area contributed by atoms with Crippen LogP contribution in [0.2, 0.25) is 0 Å². The van der Waals surface area contributed by atoms with Crippen molar-refractivity contribution in [3.05, 3.63) is 0 Å². The highest BCUT2D eigenvalue weighted by Crippen LogP contribution is 2.28. The van der Waals surface area contributed by atoms with Crippen LogP contribution in [0.4, 0.5) is 0 Å². The summed E-state index contributed by atoms with van der Waals surface area (Å²) in [5, 5.41) is 3.67. The number of rotatable bonds is 5. The Hall–Kier alpha value is -0.0800. The third-order valence-corrected chi connectivity index (χ3v) is 3.47. The standard InChI is InChI=1S/C12H26N2/c1-10-5-6-12(11(2)9-10)14-8-4-3-7-13/h10-12,14H,3-9,13H2,1-2H3. The zero-order valence-electron chi connectivity index (χ0n) is 9.76. The minimum atomic E-state index is 0.768. The van der Waals surface area contributed by atoms with E-state index in [1.165, 1.54) is 25.7 Å². The van der Waals surface area contributed by atoms with Gasteiger partial charge in [0.05, 0.1) is 0 Å². The van der Waals surface area contributed by atoms with E-state index in [0.717, 1.165) is 37.4 Å². The van der Waals surface area contributed by atoms with Crippen LogP contribution in [0.25, 0.3) is 0 Å². The molecule has 3 atom stereocenters. The number of nitrogens with one attached hydrogen (secondary N) is 1. The van der Waals surface area contributed by atoms with E-state index in [2.05, 4.69) is 19.2 Å². The van der Waals surface area contributed by atoms with Crippen molar-refractivity contribution in [2.45, 2.75) is 52.0 Å². The maximum Gasteiger partial charge on any atom is 0.00928 e. The van der Waals surface area contributed by atoms with E-state index >= 15 is 0 Å². The Balaban J connectivity index is 2.11. The third-order valence-electron chi connectivity index (χ3n) is 3.47. The van der Waals surface area contributed by atoms with Gasteiger partial charge in [0.25, 0.3) is 0 Å². The zero-order valence-corrected chi connectivity index (χ0v) is 9.76. The van der Waals surface area contributed by atoms with Crippen LogP contribution in [-0.4, -0.2) is 19.1 Å². The van der Waals surface area contributed by atoms with Crippen LogP contribution >= 0.6 is 0 Å². The molecule has 0 amide bonds. The van der Waals surface area contributed by atoms with Gasteiger partial charge < -0.3 is 11.1 Å². The lowest BCUT2D eigenvalue weighted by Gasteiger charge is -2.33. The fourth-order valence-electron chi connectivity index (χ4n) is 2.53. The molecule has 1 rings (SSSR count). The van der Waals surface area contributed by atoms with E-state index in [1.54, 1.807) is 0 Å². The van der Waals surface area contributed by atoms with Crippen LogP contribution in [0.3, 0.4) is 0 Å². The molecule has 0 aromatic rings. The van der Waals surface area contributed by atoms with Gasteiger partial charge in [-0.3, -0.25) is 0 Å². The van der Waals surface area contributed by atoms with Gasteiger partial charge in [-0.25, -0.2) is 0 Å². The van der Waals surface area contributed by atoms with Crippen LogP contribution in [0.1, 0.15) is 46.0 Å². The van der Waals surface area contributed by atoms with Crippen molar-refractivity contribution in [1.29, 1.82) is 0 Å². The van der Waals surface area contributed by atoms with Crippen molar-refractivity contribution >= 4 is 0 Å². The molecule has 3 unspecified atom stereocenters. The molecule has 84 valence electrons. The molecule has 0 radical (unpaired) electrons. The molecule has 0 aliphatic heterocycles. The molecule has 0 saturated heterocycles. The summed E-state index contributed by atoms with van der Waals surface area (Å²) in [5.74, 6) is 1.80. The summed E-state index contributed by atoms with van der Waals surface area (Å²) in [7, 11) is 0. The second-order valence-corrected chi connectivity index (χ2v) is 4.95. The fourth-order valence-corrected chi connectivity index (χ4v) is 2.53. The first-order valence-corrected chi connectivity index (χ1v) is 6.17. The van der Waals surface area contributed by atoms with Crippen LogP contribution in [0, 0.1) is 11.8 Å². The molecule has 0 aromatic heterocycles. The molecular weight excluding hydrogens is 172 g/mol. The summed E-state index contributed by atoms with van der Waals surface area (Å²) in [6.07, 6.45) is 6.55. The Morgan fingerprint density at radius 1 is 1.21 bits per heavy atom. The van der Waals surface area contributed by atoms with E-state index in [9.17, 15) is 0 Å². The SMILES string of the molecule is CC1CCC(NCCCCN)C(C)C1. The Morgan fingerprint density at radius 3 is 2.64 bits per heavy atom. The molecular formula is C12H26N2. The van der Waals surface area contributed by atoms with Crippen molar-refractivity contribution in [3.63, 3.8) is 0 Å². The molecule has 1 aliphatic carbocycles. The monoisotopic (exact) mass is 198 g/mol. The lowest BCUT2D eigenvalue weighted by atomic mass is 9.80. The fraction of sp³-hybridized carbons (Fsp3) is 1.00. The van der Waals surface area contributed by atoms with Gasteiger partial charge in [0.1, 0.15) is 0 Å². The van der Waals surface area contributed by atoms with Crippen LogP contribution in [0.5, 0.6) is 0 Å². The largest absolute Gasteiger partial charge is 0.330 e. The minimum absolute atomic E-state index is 0.768. The molecule has 0 aromatic carbocycles. The first kappa shape index (κ1) is 12.0. The predicted octanol–water partition coefficient (Wildman–Crippen LogP) is 2.14. The average molecular weight is 198 g/mol. The highest BCUT2D eigenvalue weighted by Gasteiger charge is 2.24. The average Bonchev–Trinajstić information content (AvgIpc) is 2.15. The summed E-state index contributed by atoms with van der Waals surface area (Å²) in [5.41, 5.74) is 5.47. The number of hydrogen-bond donors (Lipinski definition) is 2. The lowest BCUT2D eigenvalue weighted by molar-refractivity contribution is 0.228. The van der Waals surface area contributed by atoms with Gasteiger partial charge in [0, 0.05) is 6.04 Å². The Morgan fingerprint density at radius 2 is 2.00 bits per heavy atom. The van der Waals surface area contributed by atoms with E-state index in [-0.39, 0.29) is 0 Å². The summed E-state index contributed by atoms with van der Waals surface area (Å²) in [6.45, 7) is 6.75. The molecule has 3 N–H and O–H groups in total. The Bertz CT molecular complexity index is 147. The van der Waals surface area contributed by atoms with Crippen molar-refractivity contribution < 1.29 is 0 Å². The highest BCUT2D eigenvalue weighted by molar-refractivity contribution is 4.80. The summed E-state index contributed by atoms with van der Waals surface area (Å²) in [6, 6.07) is 0.768. The highest BCUT2D eigenvalue weighted by atomic mass is 14.9. The van der Waals surface area contributed by atoms with Crippen molar-refractivity contribution in [3.8, 4) is 0 Å². The van der Waals surface area contributed by atoms with Gasteiger partial charge in [-0.2, -0.15) is 0 Å². The second-order valence-electron chi connectivity index (χ2n) is 4.95. The van der Waals surface area contributed by atoms with Gasteiger partial charge in [0.2, 0.25) is 0 Å². The van der Waals surface area contributed by atoms with Gasteiger partial charge in [0.15, 0.2) is 0 Å². The first-order chi connectivity index (χ1) is 6.74. The van der Waals surface area contributed by atoms with Gasteiger partial charge in [-0.05, 0) is 57.0 Å².